The molecule has 32 heavy (non-hydrogen) atoms. The summed E-state index contributed by atoms with van der Waals surface area (Å²) in [5.41, 5.74) is 1.25. The number of rotatable bonds is 6. The van der Waals surface area contributed by atoms with Gasteiger partial charge in [0, 0.05) is 11.1 Å². The van der Waals surface area contributed by atoms with Crippen molar-refractivity contribution >= 4 is 21.5 Å². The fourth-order valence-corrected chi connectivity index (χ4v) is 5.78. The summed E-state index contributed by atoms with van der Waals surface area (Å²) in [7, 11) is 0. The highest BCUT2D eigenvalue weighted by molar-refractivity contribution is 5.94. The fourth-order valence-electron chi connectivity index (χ4n) is 5.78. The Bertz CT molecular complexity index is 1190. The van der Waals surface area contributed by atoms with E-state index in [1.54, 1.807) is 0 Å². The van der Waals surface area contributed by atoms with Crippen molar-refractivity contribution in [3.8, 4) is 0 Å². The Morgan fingerprint density at radius 2 is 0.969 bits per heavy atom. The molecule has 0 aliphatic heterocycles. The molecule has 164 valence electrons. The van der Waals surface area contributed by atoms with E-state index in [0.717, 1.165) is 69.5 Å². The third-order valence-corrected chi connectivity index (χ3v) is 7.36. The van der Waals surface area contributed by atoms with Gasteiger partial charge in [-0.05, 0) is 45.5 Å². The van der Waals surface area contributed by atoms with Gasteiger partial charge in [0.25, 0.3) is 0 Å². The number of unbranched alkanes of at least 4 members (excludes halogenated alkanes) is 2. The maximum absolute atomic E-state index is 12.5. The Morgan fingerprint density at radius 1 is 0.562 bits per heavy atom. The lowest BCUT2D eigenvalue weighted by atomic mass is 9.63. The van der Waals surface area contributed by atoms with E-state index in [1.807, 2.05) is 24.3 Å². The second-order valence-electron chi connectivity index (χ2n) is 9.35. The molecule has 0 aromatic heterocycles. The molecule has 4 aromatic rings. The first-order valence-corrected chi connectivity index (χ1v) is 12.0. The van der Waals surface area contributed by atoms with Gasteiger partial charge in [-0.2, -0.15) is 0 Å². The maximum atomic E-state index is 12.5. The van der Waals surface area contributed by atoms with E-state index in [0.29, 0.717) is 12.8 Å². The monoisotopic (exact) mass is 424 g/mol. The molecule has 1 aliphatic carbocycles. The van der Waals surface area contributed by atoms with E-state index in [-0.39, 0.29) is 0 Å². The molecule has 4 aromatic carbocycles. The van der Waals surface area contributed by atoms with Crippen molar-refractivity contribution in [3.63, 3.8) is 0 Å². The molecule has 2 N–H and O–H groups in total. The molecule has 0 heterocycles. The first-order valence-electron chi connectivity index (χ1n) is 12.0. The van der Waals surface area contributed by atoms with E-state index in [9.17, 15) is 10.2 Å². The molecule has 0 radical (unpaired) electrons. The van der Waals surface area contributed by atoms with Crippen molar-refractivity contribution < 1.29 is 10.2 Å². The van der Waals surface area contributed by atoms with Crippen molar-refractivity contribution in [2.75, 3.05) is 0 Å². The summed E-state index contributed by atoms with van der Waals surface area (Å²) in [6.07, 6.45) is 5.12. The number of hydrogen-bond acceptors (Lipinski definition) is 2. The summed E-state index contributed by atoms with van der Waals surface area (Å²) in [6.45, 7) is 4.32. The Morgan fingerprint density at radius 3 is 1.38 bits per heavy atom. The van der Waals surface area contributed by atoms with Crippen LogP contribution >= 0.6 is 0 Å². The molecular formula is C30H32O2. The van der Waals surface area contributed by atoms with Gasteiger partial charge in [0.1, 0.15) is 11.2 Å². The molecule has 2 heteroatoms. The Hall–Kier alpha value is -2.68. The summed E-state index contributed by atoms with van der Waals surface area (Å²) in [5.74, 6) is 0. The third-order valence-electron chi connectivity index (χ3n) is 7.36. The van der Waals surface area contributed by atoms with Crippen molar-refractivity contribution in [2.45, 2.75) is 63.6 Å². The first-order chi connectivity index (χ1) is 15.5. The van der Waals surface area contributed by atoms with Crippen LogP contribution in [-0.2, 0) is 11.2 Å². The molecule has 0 saturated heterocycles. The van der Waals surface area contributed by atoms with Crippen LogP contribution in [0.15, 0.2) is 72.8 Å². The van der Waals surface area contributed by atoms with Gasteiger partial charge in [0.15, 0.2) is 0 Å². The van der Waals surface area contributed by atoms with Crippen LogP contribution in [0.1, 0.15) is 74.6 Å². The van der Waals surface area contributed by atoms with Crippen molar-refractivity contribution in [1.82, 2.24) is 0 Å². The molecule has 1 aliphatic rings. The van der Waals surface area contributed by atoms with Gasteiger partial charge in [-0.3, -0.25) is 0 Å². The van der Waals surface area contributed by atoms with E-state index in [2.05, 4.69) is 62.4 Å². The molecule has 2 unspecified atom stereocenters. The second-order valence-corrected chi connectivity index (χ2v) is 9.35. The van der Waals surface area contributed by atoms with Gasteiger partial charge in [-0.25, -0.2) is 0 Å². The topological polar surface area (TPSA) is 40.5 Å². The van der Waals surface area contributed by atoms with E-state index < -0.39 is 11.2 Å². The minimum Gasteiger partial charge on any atom is -0.380 e. The zero-order valence-electron chi connectivity index (χ0n) is 19.1. The van der Waals surface area contributed by atoms with Crippen LogP contribution in [0.25, 0.3) is 21.5 Å². The van der Waals surface area contributed by atoms with E-state index in [1.165, 1.54) is 0 Å². The lowest BCUT2D eigenvalue weighted by Crippen LogP contribution is -2.43. The van der Waals surface area contributed by atoms with Crippen LogP contribution < -0.4 is 0 Å². The lowest BCUT2D eigenvalue weighted by Gasteiger charge is -2.46. The predicted octanol–water partition coefficient (Wildman–Crippen LogP) is 7.16. The zero-order valence-corrected chi connectivity index (χ0v) is 19.1. The van der Waals surface area contributed by atoms with Crippen molar-refractivity contribution in [1.29, 1.82) is 0 Å². The molecule has 0 amide bonds. The molecule has 0 fully saturated rings. The van der Waals surface area contributed by atoms with Crippen LogP contribution in [0.3, 0.4) is 0 Å². The molecule has 5 rings (SSSR count). The third kappa shape index (κ3) is 3.01. The standard InChI is InChI=1S/C30H32O2/c1-3-5-19-29(31)25-17-15-22-12-8-10-14-24(22)28(25)30(32,20-6-4-2)26-18-16-21-11-7-9-13-23(21)27(26)29/h7-18,31-32H,3-6,19-20H2,1-2H3. The maximum Gasteiger partial charge on any atom is 0.116 e. The summed E-state index contributed by atoms with van der Waals surface area (Å²) >= 11 is 0. The number of hydrogen-bond donors (Lipinski definition) is 2. The van der Waals surface area contributed by atoms with Gasteiger partial charge >= 0.3 is 0 Å². The SMILES string of the molecule is CCCCC1(O)c2ccc3ccccc3c2C(O)(CCCC)c2ccc3ccccc3c21. The highest BCUT2D eigenvalue weighted by atomic mass is 16.3. The van der Waals surface area contributed by atoms with Crippen LogP contribution in [0.2, 0.25) is 0 Å². The quantitative estimate of drug-likeness (QED) is 0.345. The number of fused-ring (bicyclic) bond motifs is 6. The van der Waals surface area contributed by atoms with Crippen LogP contribution in [0.5, 0.6) is 0 Å². The Balaban J connectivity index is 1.93. The van der Waals surface area contributed by atoms with Gasteiger partial charge in [-0.15, -0.1) is 0 Å². The number of aliphatic hydroxyl groups is 2. The van der Waals surface area contributed by atoms with Crippen molar-refractivity contribution in [2.24, 2.45) is 0 Å². The molecule has 0 spiro atoms. The highest BCUT2D eigenvalue weighted by Gasteiger charge is 2.50. The summed E-state index contributed by atoms with van der Waals surface area (Å²) in [6, 6.07) is 24.8. The Kier molecular flexibility index (Phi) is 5.31. The number of benzene rings is 4. The fraction of sp³-hybridized carbons (Fsp3) is 0.333. The van der Waals surface area contributed by atoms with Gasteiger partial charge in [0.05, 0.1) is 0 Å². The zero-order chi connectivity index (χ0) is 22.3. The smallest absolute Gasteiger partial charge is 0.116 e. The molecule has 0 bridgehead atoms. The molecular weight excluding hydrogens is 392 g/mol. The predicted molar refractivity (Wildman–Crippen MR) is 133 cm³/mol. The van der Waals surface area contributed by atoms with E-state index in [4.69, 9.17) is 0 Å². The lowest BCUT2D eigenvalue weighted by molar-refractivity contribution is 0.0211. The normalized spacial score (nSPS) is 22.1. The van der Waals surface area contributed by atoms with Crippen molar-refractivity contribution in [3.05, 3.63) is 95.1 Å². The minimum absolute atomic E-state index is 0.639. The van der Waals surface area contributed by atoms with Crippen LogP contribution in [0.4, 0.5) is 0 Å². The molecule has 2 atom stereocenters. The summed E-state index contributed by atoms with van der Waals surface area (Å²) in [5, 5.41) is 29.3. The molecule has 0 saturated carbocycles. The Labute approximate surface area is 190 Å². The van der Waals surface area contributed by atoms with E-state index >= 15 is 0 Å². The average molecular weight is 425 g/mol. The summed E-state index contributed by atoms with van der Waals surface area (Å²) < 4.78 is 0. The average Bonchev–Trinajstić information content (AvgIpc) is 2.84. The second kappa shape index (κ2) is 8.03. The van der Waals surface area contributed by atoms with Crippen LogP contribution in [-0.4, -0.2) is 10.2 Å². The highest BCUT2D eigenvalue weighted by Crippen LogP contribution is 2.55. The van der Waals surface area contributed by atoms with Gasteiger partial charge in [0.2, 0.25) is 0 Å². The minimum atomic E-state index is -1.13. The molecule has 2 nitrogen and oxygen atoms in total. The van der Waals surface area contributed by atoms with Gasteiger partial charge < -0.3 is 10.2 Å². The largest absolute Gasteiger partial charge is 0.380 e. The first kappa shape index (κ1) is 21.2. The van der Waals surface area contributed by atoms with Crippen LogP contribution in [0, 0.1) is 0 Å². The summed E-state index contributed by atoms with van der Waals surface area (Å²) in [4.78, 5) is 0. The van der Waals surface area contributed by atoms with Gasteiger partial charge in [-0.1, -0.05) is 112 Å².